The van der Waals surface area contributed by atoms with Crippen LogP contribution in [-0.4, -0.2) is 35.7 Å². The van der Waals surface area contributed by atoms with Crippen LogP contribution in [0.4, 0.5) is 0 Å². The molecule has 0 spiro atoms. The van der Waals surface area contributed by atoms with Crippen molar-refractivity contribution in [1.29, 1.82) is 0 Å². The van der Waals surface area contributed by atoms with E-state index in [0.29, 0.717) is 24.3 Å². The van der Waals surface area contributed by atoms with E-state index in [1.807, 2.05) is 27.7 Å². The molecule has 0 atom stereocenters. The Kier molecular flexibility index (Phi) is 10.3. The molecule has 0 aromatic heterocycles. The van der Waals surface area contributed by atoms with Crippen molar-refractivity contribution < 1.29 is 19.1 Å². The van der Waals surface area contributed by atoms with Crippen LogP contribution in [0.1, 0.15) is 40.5 Å². The summed E-state index contributed by atoms with van der Waals surface area (Å²) in [6.07, 6.45) is 0.709. The molecule has 106 valence electrons. The van der Waals surface area contributed by atoms with E-state index in [9.17, 15) is 9.59 Å². The molecule has 0 saturated carbocycles. The molecule has 0 N–H and O–H groups in total. The minimum Gasteiger partial charge on any atom is -0.463 e. The highest BCUT2D eigenvalue weighted by atomic mass is 33.1. The molecule has 0 aromatic carbocycles. The van der Waals surface area contributed by atoms with Crippen molar-refractivity contribution in [2.75, 3.05) is 11.5 Å². The minimum absolute atomic E-state index is 0.0547. The predicted octanol–water partition coefficient (Wildman–Crippen LogP) is 3.05. The largest absolute Gasteiger partial charge is 0.463 e. The van der Waals surface area contributed by atoms with Crippen LogP contribution < -0.4 is 0 Å². The zero-order valence-electron chi connectivity index (χ0n) is 11.4. The third kappa shape index (κ3) is 12.1. The van der Waals surface area contributed by atoms with E-state index in [0.717, 1.165) is 0 Å². The van der Waals surface area contributed by atoms with Crippen LogP contribution in [0.3, 0.4) is 0 Å². The quantitative estimate of drug-likeness (QED) is 0.370. The van der Waals surface area contributed by atoms with Crippen molar-refractivity contribution in [3.8, 4) is 0 Å². The first-order valence-corrected chi connectivity index (χ1v) is 8.54. The van der Waals surface area contributed by atoms with Gasteiger partial charge in [-0.2, -0.15) is 0 Å². The highest BCUT2D eigenvalue weighted by Crippen LogP contribution is 2.23. The second-order valence-electron chi connectivity index (χ2n) is 4.22. The van der Waals surface area contributed by atoms with E-state index in [-0.39, 0.29) is 24.1 Å². The Bertz CT molecular complexity index is 228. The van der Waals surface area contributed by atoms with Crippen LogP contribution in [-0.2, 0) is 19.1 Å². The number of hydrogen-bond donors (Lipinski definition) is 0. The van der Waals surface area contributed by atoms with Gasteiger partial charge in [0, 0.05) is 11.5 Å². The maximum atomic E-state index is 11.2. The molecule has 0 aliphatic heterocycles. The molecular formula is C12H22O4S2. The minimum atomic E-state index is -0.169. The van der Waals surface area contributed by atoms with E-state index in [2.05, 4.69) is 0 Å². The number of rotatable bonds is 9. The normalized spacial score (nSPS) is 10.8. The molecule has 0 heterocycles. The van der Waals surface area contributed by atoms with Gasteiger partial charge in [0.1, 0.15) is 0 Å². The lowest BCUT2D eigenvalue weighted by molar-refractivity contribution is -0.147. The van der Waals surface area contributed by atoms with E-state index < -0.39 is 0 Å². The predicted molar refractivity (Wildman–Crippen MR) is 76.6 cm³/mol. The molecule has 0 saturated heterocycles. The Balaban J connectivity index is 3.36. The van der Waals surface area contributed by atoms with Crippen molar-refractivity contribution in [3.63, 3.8) is 0 Å². The van der Waals surface area contributed by atoms with Gasteiger partial charge in [0.15, 0.2) is 0 Å². The van der Waals surface area contributed by atoms with Gasteiger partial charge in [0.2, 0.25) is 0 Å². The highest BCUT2D eigenvalue weighted by Gasteiger charge is 2.07. The zero-order valence-corrected chi connectivity index (χ0v) is 13.1. The average molecular weight is 294 g/mol. The van der Waals surface area contributed by atoms with Crippen LogP contribution in [0.5, 0.6) is 0 Å². The van der Waals surface area contributed by atoms with Crippen LogP contribution in [0.15, 0.2) is 0 Å². The summed E-state index contributed by atoms with van der Waals surface area (Å²) in [6.45, 7) is 7.33. The zero-order chi connectivity index (χ0) is 14.0. The fourth-order valence-corrected chi connectivity index (χ4v) is 2.95. The molecular weight excluding hydrogens is 272 g/mol. The lowest BCUT2D eigenvalue weighted by Crippen LogP contribution is -2.12. The summed E-state index contributed by atoms with van der Waals surface area (Å²) in [5.41, 5.74) is 0. The van der Waals surface area contributed by atoms with Gasteiger partial charge in [-0.15, -0.1) is 0 Å². The SMILES string of the molecule is CC(C)OC(=O)CCSSCCC(=O)OC(C)C. The number of carbonyl (C=O) groups excluding carboxylic acids is 2. The molecule has 0 aliphatic carbocycles. The van der Waals surface area contributed by atoms with Crippen LogP contribution >= 0.6 is 21.6 Å². The summed E-state index contributed by atoms with van der Waals surface area (Å²) in [5, 5.41) is 0. The van der Waals surface area contributed by atoms with Crippen LogP contribution in [0.2, 0.25) is 0 Å². The molecule has 0 radical (unpaired) electrons. The third-order valence-corrected chi connectivity index (χ3v) is 4.00. The number of ether oxygens (including phenoxy) is 2. The molecule has 0 bridgehead atoms. The fourth-order valence-electron chi connectivity index (χ4n) is 1.01. The van der Waals surface area contributed by atoms with Crippen molar-refractivity contribution in [3.05, 3.63) is 0 Å². The van der Waals surface area contributed by atoms with Crippen LogP contribution in [0, 0.1) is 0 Å². The van der Waals surface area contributed by atoms with Gasteiger partial charge in [0.25, 0.3) is 0 Å². The molecule has 0 aliphatic rings. The molecule has 0 fully saturated rings. The summed E-state index contributed by atoms with van der Waals surface area (Å²) in [5.74, 6) is 1.07. The Morgan fingerprint density at radius 1 is 0.833 bits per heavy atom. The summed E-state index contributed by atoms with van der Waals surface area (Å²) < 4.78 is 10.0. The lowest BCUT2D eigenvalue weighted by Gasteiger charge is -2.08. The third-order valence-electron chi connectivity index (χ3n) is 1.60. The fraction of sp³-hybridized carbons (Fsp3) is 0.833. The smallest absolute Gasteiger partial charge is 0.306 e. The Hall–Kier alpha value is -0.360. The van der Waals surface area contributed by atoms with Gasteiger partial charge >= 0.3 is 11.9 Å². The summed E-state index contributed by atoms with van der Waals surface area (Å²) >= 11 is 0. The maximum absolute atomic E-state index is 11.2. The lowest BCUT2D eigenvalue weighted by atomic mass is 10.4. The molecule has 4 nitrogen and oxygen atoms in total. The van der Waals surface area contributed by atoms with Gasteiger partial charge in [-0.05, 0) is 27.7 Å². The molecule has 0 unspecified atom stereocenters. The first-order chi connectivity index (χ1) is 8.41. The van der Waals surface area contributed by atoms with E-state index in [4.69, 9.17) is 9.47 Å². The van der Waals surface area contributed by atoms with Crippen molar-refractivity contribution in [1.82, 2.24) is 0 Å². The van der Waals surface area contributed by atoms with Crippen LogP contribution in [0.25, 0.3) is 0 Å². The summed E-state index contributed by atoms with van der Waals surface area (Å²) in [7, 11) is 3.16. The van der Waals surface area contributed by atoms with Gasteiger partial charge in [-0.1, -0.05) is 21.6 Å². The summed E-state index contributed by atoms with van der Waals surface area (Å²) in [4.78, 5) is 22.4. The van der Waals surface area contributed by atoms with Gasteiger partial charge in [-0.25, -0.2) is 0 Å². The van der Waals surface area contributed by atoms with Gasteiger partial charge < -0.3 is 9.47 Å². The molecule has 0 rings (SSSR count). The first kappa shape index (κ1) is 17.6. The van der Waals surface area contributed by atoms with Crippen molar-refractivity contribution >= 4 is 33.5 Å². The van der Waals surface area contributed by atoms with Gasteiger partial charge in [0.05, 0.1) is 25.0 Å². The van der Waals surface area contributed by atoms with Gasteiger partial charge in [-0.3, -0.25) is 9.59 Å². The molecule has 18 heavy (non-hydrogen) atoms. The van der Waals surface area contributed by atoms with E-state index >= 15 is 0 Å². The van der Waals surface area contributed by atoms with Crippen molar-refractivity contribution in [2.45, 2.75) is 52.7 Å². The molecule has 6 heteroatoms. The topological polar surface area (TPSA) is 52.6 Å². The maximum Gasteiger partial charge on any atom is 0.306 e. The summed E-state index contributed by atoms with van der Waals surface area (Å²) in [6, 6.07) is 0. The Labute approximate surface area is 117 Å². The average Bonchev–Trinajstić information content (AvgIpc) is 2.20. The molecule has 0 amide bonds. The van der Waals surface area contributed by atoms with Crippen molar-refractivity contribution in [2.24, 2.45) is 0 Å². The molecule has 0 aromatic rings. The first-order valence-electron chi connectivity index (χ1n) is 6.05. The monoisotopic (exact) mass is 294 g/mol. The Morgan fingerprint density at radius 2 is 1.17 bits per heavy atom. The number of esters is 2. The number of hydrogen-bond acceptors (Lipinski definition) is 6. The second-order valence-corrected chi connectivity index (χ2v) is 6.92. The highest BCUT2D eigenvalue weighted by molar-refractivity contribution is 8.76. The number of carbonyl (C=O) groups is 2. The Morgan fingerprint density at radius 3 is 1.44 bits per heavy atom. The van der Waals surface area contributed by atoms with E-state index in [1.54, 1.807) is 21.6 Å². The standard InChI is InChI=1S/C12H22O4S2/c1-9(2)15-11(13)5-7-17-18-8-6-12(14)16-10(3)4/h9-10H,5-8H2,1-4H3. The second kappa shape index (κ2) is 10.6. The van der Waals surface area contributed by atoms with E-state index in [1.165, 1.54) is 0 Å².